The van der Waals surface area contributed by atoms with Crippen LogP contribution in [-0.4, -0.2) is 76.2 Å². The van der Waals surface area contributed by atoms with Crippen LogP contribution >= 0.6 is 11.6 Å². The van der Waals surface area contributed by atoms with Gasteiger partial charge in [0.15, 0.2) is 11.6 Å². The highest BCUT2D eigenvalue weighted by Crippen LogP contribution is 2.17. The Morgan fingerprint density at radius 3 is 2.09 bits per heavy atom. The minimum Gasteiger partial charge on any atom is -0.508 e. The average molecular weight is 647 g/mol. The van der Waals surface area contributed by atoms with Gasteiger partial charge in [-0.05, 0) is 42.2 Å². The molecule has 0 aromatic heterocycles. The molecule has 0 saturated carbocycles. The minimum atomic E-state index is -1.99. The maximum atomic E-state index is 13.2. The lowest BCUT2D eigenvalue weighted by atomic mass is 9.89. The van der Waals surface area contributed by atoms with Gasteiger partial charge < -0.3 is 36.6 Å². The molecule has 0 aliphatic carbocycles. The van der Waals surface area contributed by atoms with Gasteiger partial charge in [0.25, 0.3) is 0 Å². The molecule has 0 fully saturated rings. The third-order valence-electron chi connectivity index (χ3n) is 6.87. The largest absolute Gasteiger partial charge is 0.508 e. The van der Waals surface area contributed by atoms with E-state index in [9.17, 15) is 39.0 Å². The van der Waals surface area contributed by atoms with Gasteiger partial charge in [-0.1, -0.05) is 55.8 Å². The van der Waals surface area contributed by atoms with Crippen molar-refractivity contribution < 1.29 is 43.7 Å². The summed E-state index contributed by atoms with van der Waals surface area (Å²) in [6.07, 6.45) is 0.0569. The summed E-state index contributed by atoms with van der Waals surface area (Å²) in [5.74, 6) is -7.94. The number of nitrogens with one attached hydrogen (secondary N) is 3. The Hall–Kier alpha value is -4.33. The standard InChI is InChI=1S/C31H39ClN4O9/c1-16(2)27(36-29(41)23(35-18(4)37)13-19-9-11-21(38)12-10-19)30(42)34-17(3)28(40)25(31(43)44)26(33)24(39)15-45-14-20-7-5-6-8-22(20)32/h5-12,16-17,23,25-27,38H,13-15,33H2,1-4H3,(H,34,42)(H,35,37)(H,36,41)(H,43,44)/t17-,23-,25?,26+,27-/m0/s1. The van der Waals surface area contributed by atoms with Crippen molar-refractivity contribution in [3.8, 4) is 5.75 Å². The number of halogens is 1. The smallest absolute Gasteiger partial charge is 0.316 e. The Morgan fingerprint density at radius 2 is 1.53 bits per heavy atom. The van der Waals surface area contributed by atoms with Crippen molar-refractivity contribution in [2.45, 2.75) is 64.9 Å². The quantitative estimate of drug-likeness (QED) is 0.135. The second-order valence-corrected chi connectivity index (χ2v) is 11.3. The van der Waals surface area contributed by atoms with Gasteiger partial charge in [-0.3, -0.25) is 28.8 Å². The number of aliphatic carboxylic acids is 1. The third kappa shape index (κ3) is 11.3. The van der Waals surface area contributed by atoms with E-state index in [-0.39, 0.29) is 18.8 Å². The van der Waals surface area contributed by atoms with Gasteiger partial charge in [-0.2, -0.15) is 0 Å². The highest BCUT2D eigenvalue weighted by molar-refractivity contribution is 6.31. The van der Waals surface area contributed by atoms with Gasteiger partial charge in [-0.25, -0.2) is 0 Å². The van der Waals surface area contributed by atoms with Gasteiger partial charge in [0, 0.05) is 18.4 Å². The van der Waals surface area contributed by atoms with Crippen LogP contribution in [-0.2, 0) is 46.5 Å². The fraction of sp³-hybridized carbons (Fsp3) is 0.419. The van der Waals surface area contributed by atoms with Crippen LogP contribution < -0.4 is 21.7 Å². The summed E-state index contributed by atoms with van der Waals surface area (Å²) < 4.78 is 5.33. The number of hydrogen-bond donors (Lipinski definition) is 6. The Bertz CT molecular complexity index is 1380. The lowest BCUT2D eigenvalue weighted by molar-refractivity contribution is -0.151. The SMILES string of the molecule is CC(=O)N[C@@H](Cc1ccc(O)cc1)C(=O)N[C@H](C(=O)N[C@@H](C)C(=O)C(C(=O)O)[C@H](N)C(=O)COCc1ccccc1Cl)C(C)C. The lowest BCUT2D eigenvalue weighted by Gasteiger charge is -2.27. The normalized spacial score (nSPS) is 14.4. The van der Waals surface area contributed by atoms with Crippen LogP contribution in [0.4, 0.5) is 0 Å². The van der Waals surface area contributed by atoms with Crippen molar-refractivity contribution in [2.24, 2.45) is 17.6 Å². The fourth-order valence-electron chi connectivity index (χ4n) is 4.37. The maximum Gasteiger partial charge on any atom is 0.316 e. The summed E-state index contributed by atoms with van der Waals surface area (Å²) in [4.78, 5) is 76.0. The lowest BCUT2D eigenvalue weighted by Crippen LogP contribution is -2.58. The van der Waals surface area contributed by atoms with Gasteiger partial charge in [0.1, 0.15) is 30.4 Å². The molecule has 2 aromatic rings. The number of carboxylic acid groups (broad SMARTS) is 1. The molecule has 0 heterocycles. The molecule has 5 atom stereocenters. The molecule has 7 N–H and O–H groups in total. The van der Waals surface area contributed by atoms with Crippen molar-refractivity contribution in [2.75, 3.05) is 6.61 Å². The highest BCUT2D eigenvalue weighted by Gasteiger charge is 2.40. The summed E-state index contributed by atoms with van der Waals surface area (Å²) >= 11 is 6.06. The zero-order valence-corrected chi connectivity index (χ0v) is 26.2. The first-order valence-corrected chi connectivity index (χ1v) is 14.5. The number of carboxylic acids is 1. The predicted octanol–water partition coefficient (Wildman–Crippen LogP) is 1.12. The van der Waals surface area contributed by atoms with Crippen molar-refractivity contribution in [1.82, 2.24) is 16.0 Å². The van der Waals surface area contributed by atoms with E-state index >= 15 is 0 Å². The number of hydrogen-bond acceptors (Lipinski definition) is 9. The van der Waals surface area contributed by atoms with E-state index in [1.807, 2.05) is 0 Å². The second-order valence-electron chi connectivity index (χ2n) is 10.9. The number of ether oxygens (including phenoxy) is 1. The first kappa shape index (κ1) is 36.9. The highest BCUT2D eigenvalue weighted by atomic mass is 35.5. The Balaban J connectivity index is 2.08. The molecule has 0 bridgehead atoms. The molecule has 13 nitrogen and oxygen atoms in total. The van der Waals surface area contributed by atoms with E-state index in [0.717, 1.165) is 0 Å². The maximum absolute atomic E-state index is 13.2. The van der Waals surface area contributed by atoms with Crippen LogP contribution in [0.15, 0.2) is 48.5 Å². The van der Waals surface area contributed by atoms with Crippen molar-refractivity contribution in [1.29, 1.82) is 0 Å². The minimum absolute atomic E-state index is 0.0247. The number of carbonyl (C=O) groups excluding carboxylic acids is 5. The van der Waals surface area contributed by atoms with Gasteiger partial charge in [0.05, 0.1) is 18.7 Å². The molecule has 3 amide bonds. The van der Waals surface area contributed by atoms with E-state index < -0.39 is 77.9 Å². The average Bonchev–Trinajstić information content (AvgIpc) is 2.96. The van der Waals surface area contributed by atoms with Gasteiger partial charge in [-0.15, -0.1) is 0 Å². The molecule has 0 saturated heterocycles. The first-order valence-electron chi connectivity index (χ1n) is 14.1. The number of benzene rings is 2. The van der Waals surface area contributed by atoms with Gasteiger partial charge >= 0.3 is 5.97 Å². The molecule has 0 aliphatic heterocycles. The molecule has 45 heavy (non-hydrogen) atoms. The zero-order chi connectivity index (χ0) is 33.8. The topological polar surface area (TPSA) is 214 Å². The number of phenolic OH excluding ortho intramolecular Hbond substituents is 1. The second kappa shape index (κ2) is 17.2. The summed E-state index contributed by atoms with van der Waals surface area (Å²) in [6.45, 7) is 5.13. The van der Waals surface area contributed by atoms with Crippen molar-refractivity contribution in [3.05, 3.63) is 64.7 Å². The van der Waals surface area contributed by atoms with Crippen LogP contribution in [0, 0.1) is 11.8 Å². The molecule has 2 aromatic carbocycles. The summed E-state index contributed by atoms with van der Waals surface area (Å²) in [6, 6.07) is 7.37. The van der Waals surface area contributed by atoms with Crippen LogP contribution in [0.2, 0.25) is 5.02 Å². The summed E-state index contributed by atoms with van der Waals surface area (Å²) in [5.41, 5.74) is 7.11. The number of Topliss-reactive ketones (excluding diaryl/α,β-unsaturated/α-hetero) is 2. The number of phenols is 1. The Labute approximate surface area is 265 Å². The molecule has 1 unspecified atom stereocenters. The number of carbonyl (C=O) groups is 6. The number of amides is 3. The van der Waals surface area contributed by atoms with Crippen LogP contribution in [0.1, 0.15) is 38.8 Å². The Morgan fingerprint density at radius 1 is 0.911 bits per heavy atom. The van der Waals surface area contributed by atoms with Crippen LogP contribution in [0.3, 0.4) is 0 Å². The van der Waals surface area contributed by atoms with E-state index in [2.05, 4.69) is 16.0 Å². The third-order valence-corrected chi connectivity index (χ3v) is 7.23. The zero-order valence-electron chi connectivity index (χ0n) is 25.4. The molecule has 0 radical (unpaired) electrons. The number of aromatic hydroxyl groups is 1. The van der Waals surface area contributed by atoms with E-state index in [1.54, 1.807) is 50.2 Å². The monoisotopic (exact) mass is 646 g/mol. The molecule has 244 valence electrons. The number of rotatable bonds is 17. The predicted molar refractivity (Wildman–Crippen MR) is 164 cm³/mol. The van der Waals surface area contributed by atoms with E-state index in [0.29, 0.717) is 16.1 Å². The summed E-state index contributed by atoms with van der Waals surface area (Å²) in [5, 5.41) is 27.2. The van der Waals surface area contributed by atoms with Crippen molar-refractivity contribution in [3.63, 3.8) is 0 Å². The van der Waals surface area contributed by atoms with Crippen LogP contribution in [0.5, 0.6) is 5.75 Å². The Kier molecular flexibility index (Phi) is 14.1. The molecule has 0 aliphatic rings. The van der Waals surface area contributed by atoms with Gasteiger partial charge in [0.2, 0.25) is 17.7 Å². The first-order chi connectivity index (χ1) is 21.1. The molecule has 14 heteroatoms. The van der Waals surface area contributed by atoms with E-state index in [4.69, 9.17) is 22.1 Å². The van der Waals surface area contributed by atoms with E-state index in [1.165, 1.54) is 26.0 Å². The molecule has 2 rings (SSSR count). The number of nitrogens with two attached hydrogens (primary N) is 1. The van der Waals surface area contributed by atoms with Crippen molar-refractivity contribution >= 4 is 46.9 Å². The summed E-state index contributed by atoms with van der Waals surface area (Å²) in [7, 11) is 0. The van der Waals surface area contributed by atoms with Crippen LogP contribution in [0.25, 0.3) is 0 Å². The molecular weight excluding hydrogens is 608 g/mol. The molecular formula is C31H39ClN4O9. The number of ketones is 2. The molecule has 0 spiro atoms. The fourth-order valence-corrected chi connectivity index (χ4v) is 4.56.